The van der Waals surface area contributed by atoms with Gasteiger partial charge in [0.25, 0.3) is 0 Å². The fourth-order valence-corrected chi connectivity index (χ4v) is 4.32. The summed E-state index contributed by atoms with van der Waals surface area (Å²) in [6, 6.07) is 7.28. The molecule has 0 saturated carbocycles. The summed E-state index contributed by atoms with van der Waals surface area (Å²) >= 11 is 0. The molecule has 0 aromatic heterocycles. The first-order chi connectivity index (χ1) is 15.3. The van der Waals surface area contributed by atoms with E-state index in [0.29, 0.717) is 25.9 Å². The van der Waals surface area contributed by atoms with Gasteiger partial charge in [-0.25, -0.2) is 17.9 Å². The van der Waals surface area contributed by atoms with E-state index in [0.717, 1.165) is 36.8 Å². The van der Waals surface area contributed by atoms with E-state index in [4.69, 9.17) is 9.47 Å². The van der Waals surface area contributed by atoms with Crippen molar-refractivity contribution in [1.82, 2.24) is 4.72 Å². The highest BCUT2D eigenvalue weighted by Crippen LogP contribution is 2.14. The van der Waals surface area contributed by atoms with Crippen molar-refractivity contribution in [3.05, 3.63) is 41.5 Å². The van der Waals surface area contributed by atoms with Crippen molar-refractivity contribution in [2.75, 3.05) is 12.4 Å². The van der Waals surface area contributed by atoms with E-state index in [1.807, 2.05) is 24.3 Å². The molecule has 0 fully saturated rings. The van der Waals surface area contributed by atoms with Crippen LogP contribution in [-0.4, -0.2) is 38.8 Å². The highest BCUT2D eigenvalue weighted by molar-refractivity contribution is 7.89. The second-order valence-electron chi connectivity index (χ2n) is 7.69. The predicted octanol–water partition coefficient (Wildman–Crippen LogP) is 4.36. The van der Waals surface area contributed by atoms with Crippen LogP contribution in [0.2, 0.25) is 0 Å². The molecule has 0 aliphatic rings. The summed E-state index contributed by atoms with van der Waals surface area (Å²) in [7, 11) is -3.42. The number of nitrogens with one attached hydrogen (secondary N) is 1. The van der Waals surface area contributed by atoms with Crippen molar-refractivity contribution >= 4 is 28.0 Å². The molecule has 1 atom stereocenters. The molecule has 0 bridgehead atoms. The van der Waals surface area contributed by atoms with Crippen LogP contribution < -0.4 is 4.72 Å². The van der Waals surface area contributed by atoms with E-state index in [2.05, 4.69) is 11.6 Å². The number of hydrogen-bond acceptors (Lipinski definition) is 6. The van der Waals surface area contributed by atoms with E-state index < -0.39 is 16.0 Å². The Hall–Kier alpha value is -2.19. The number of hydrogen-bond donors (Lipinski definition) is 1. The third kappa shape index (κ3) is 13.3. The fraction of sp³-hybridized carbons (Fsp3) is 0.583. The first-order valence-electron chi connectivity index (χ1n) is 11.3. The van der Waals surface area contributed by atoms with E-state index in [9.17, 15) is 18.0 Å². The number of carbonyl (C=O) groups is 2. The number of benzene rings is 1. The maximum atomic E-state index is 12.3. The SMILES string of the molecule is CCCCCC(CCCCS(=O)(=O)NCc1cccc(/C=C/C(=O)OCC)c1)OC(C)=O. The lowest BCUT2D eigenvalue weighted by molar-refractivity contribution is -0.147. The topological polar surface area (TPSA) is 98.8 Å². The number of sulfonamides is 1. The standard InChI is InChI=1S/C24H37NO6S/c1-4-6-7-13-23(31-20(3)26)14-8-9-17-32(28,29)25-19-22-12-10-11-21(18-22)15-16-24(27)30-5-2/h10-12,15-16,18,23,25H,4-9,13-14,17,19H2,1-3H3/b16-15+. The molecular weight excluding hydrogens is 430 g/mol. The van der Waals surface area contributed by atoms with Crippen LogP contribution in [0.5, 0.6) is 0 Å². The van der Waals surface area contributed by atoms with E-state index in [-0.39, 0.29) is 24.4 Å². The van der Waals surface area contributed by atoms with Crippen LogP contribution in [0.25, 0.3) is 6.08 Å². The number of ether oxygens (including phenoxy) is 2. The molecule has 1 N–H and O–H groups in total. The second kappa shape index (κ2) is 15.6. The summed E-state index contributed by atoms with van der Waals surface area (Å²) in [5, 5.41) is 0. The maximum absolute atomic E-state index is 12.3. The zero-order valence-corrected chi connectivity index (χ0v) is 20.3. The molecule has 7 nitrogen and oxygen atoms in total. The van der Waals surface area contributed by atoms with Gasteiger partial charge in [0, 0.05) is 19.5 Å². The highest BCUT2D eigenvalue weighted by atomic mass is 32.2. The summed E-state index contributed by atoms with van der Waals surface area (Å²) in [4.78, 5) is 22.7. The predicted molar refractivity (Wildman–Crippen MR) is 126 cm³/mol. The Morgan fingerprint density at radius 3 is 2.47 bits per heavy atom. The summed E-state index contributed by atoms with van der Waals surface area (Å²) in [6.45, 7) is 5.76. The van der Waals surface area contributed by atoms with E-state index in [1.165, 1.54) is 13.0 Å². The average Bonchev–Trinajstić information content (AvgIpc) is 2.74. The van der Waals surface area contributed by atoms with Gasteiger partial charge >= 0.3 is 11.9 Å². The molecule has 0 aliphatic heterocycles. The van der Waals surface area contributed by atoms with Crippen molar-refractivity contribution < 1.29 is 27.5 Å². The van der Waals surface area contributed by atoms with Crippen LogP contribution in [-0.2, 0) is 35.6 Å². The molecule has 0 radical (unpaired) electrons. The Morgan fingerprint density at radius 2 is 1.81 bits per heavy atom. The average molecular weight is 468 g/mol. The quantitative estimate of drug-likeness (QED) is 0.220. The molecule has 180 valence electrons. The minimum Gasteiger partial charge on any atom is -0.463 e. The van der Waals surface area contributed by atoms with Gasteiger partial charge < -0.3 is 9.47 Å². The van der Waals surface area contributed by atoms with Gasteiger partial charge in [0.05, 0.1) is 12.4 Å². The largest absolute Gasteiger partial charge is 0.463 e. The first kappa shape index (κ1) is 27.8. The first-order valence-corrected chi connectivity index (χ1v) is 13.0. The summed E-state index contributed by atoms with van der Waals surface area (Å²) in [5.41, 5.74) is 1.58. The molecule has 0 saturated heterocycles. The molecule has 1 rings (SSSR count). The van der Waals surface area contributed by atoms with E-state index in [1.54, 1.807) is 13.0 Å². The Morgan fingerprint density at radius 1 is 1.09 bits per heavy atom. The van der Waals surface area contributed by atoms with Gasteiger partial charge in [0.2, 0.25) is 10.0 Å². The maximum Gasteiger partial charge on any atom is 0.330 e. The monoisotopic (exact) mass is 467 g/mol. The Labute approximate surface area is 192 Å². The lowest BCUT2D eigenvalue weighted by Crippen LogP contribution is -2.26. The fourth-order valence-electron chi connectivity index (χ4n) is 3.21. The summed E-state index contributed by atoms with van der Waals surface area (Å²) in [6.07, 6.45) is 8.71. The molecule has 0 aliphatic carbocycles. The minimum atomic E-state index is -3.42. The van der Waals surface area contributed by atoms with Crippen molar-refractivity contribution in [2.24, 2.45) is 0 Å². The molecule has 1 unspecified atom stereocenters. The van der Waals surface area contributed by atoms with Crippen LogP contribution in [0.3, 0.4) is 0 Å². The van der Waals surface area contributed by atoms with Gasteiger partial charge in [0.15, 0.2) is 0 Å². The number of unbranched alkanes of at least 4 members (excludes halogenated alkanes) is 3. The normalized spacial score (nSPS) is 12.6. The van der Waals surface area contributed by atoms with Crippen LogP contribution in [0.1, 0.15) is 76.8 Å². The molecule has 1 aromatic rings. The molecule has 32 heavy (non-hydrogen) atoms. The minimum absolute atomic E-state index is 0.0250. The molecule has 8 heteroatoms. The van der Waals surface area contributed by atoms with Gasteiger partial charge in [-0.2, -0.15) is 0 Å². The van der Waals surface area contributed by atoms with Crippen LogP contribution in [0, 0.1) is 0 Å². The van der Waals surface area contributed by atoms with Gasteiger partial charge in [-0.3, -0.25) is 4.79 Å². The van der Waals surface area contributed by atoms with Gasteiger partial charge in [-0.15, -0.1) is 0 Å². The van der Waals surface area contributed by atoms with Crippen molar-refractivity contribution in [3.8, 4) is 0 Å². The Bertz CT molecular complexity index is 835. The van der Waals surface area contributed by atoms with Gasteiger partial charge in [-0.05, 0) is 56.2 Å². The number of carbonyl (C=O) groups excluding carboxylic acids is 2. The Balaban J connectivity index is 2.45. The van der Waals surface area contributed by atoms with Gasteiger partial charge in [-0.1, -0.05) is 44.0 Å². The van der Waals surface area contributed by atoms with Crippen LogP contribution >= 0.6 is 0 Å². The molecule has 0 amide bonds. The smallest absolute Gasteiger partial charge is 0.330 e. The van der Waals surface area contributed by atoms with Crippen LogP contribution in [0.15, 0.2) is 30.3 Å². The molecule has 1 aromatic carbocycles. The Kier molecular flexibility index (Phi) is 13.6. The summed E-state index contributed by atoms with van der Waals surface area (Å²) < 4.78 is 37.5. The molecule has 0 spiro atoms. The highest BCUT2D eigenvalue weighted by Gasteiger charge is 2.14. The third-order valence-corrected chi connectivity index (χ3v) is 6.21. The van der Waals surface area contributed by atoms with Crippen LogP contribution in [0.4, 0.5) is 0 Å². The van der Waals surface area contributed by atoms with Gasteiger partial charge in [0.1, 0.15) is 6.10 Å². The third-order valence-electron chi connectivity index (χ3n) is 4.80. The van der Waals surface area contributed by atoms with Crippen molar-refractivity contribution in [2.45, 2.75) is 78.4 Å². The van der Waals surface area contributed by atoms with E-state index >= 15 is 0 Å². The molecular formula is C24H37NO6S. The zero-order chi connectivity index (χ0) is 23.8. The number of rotatable bonds is 16. The van der Waals surface area contributed by atoms with Crippen molar-refractivity contribution in [3.63, 3.8) is 0 Å². The lowest BCUT2D eigenvalue weighted by atomic mass is 10.1. The van der Waals surface area contributed by atoms with Crippen molar-refractivity contribution in [1.29, 1.82) is 0 Å². The second-order valence-corrected chi connectivity index (χ2v) is 9.62. The number of esters is 2. The lowest BCUT2D eigenvalue weighted by Gasteiger charge is -2.17. The summed E-state index contributed by atoms with van der Waals surface area (Å²) in [5.74, 6) is -0.683. The zero-order valence-electron chi connectivity index (χ0n) is 19.5. The molecule has 0 heterocycles.